The van der Waals surface area contributed by atoms with Gasteiger partial charge in [0.15, 0.2) is 0 Å². The summed E-state index contributed by atoms with van der Waals surface area (Å²) < 4.78 is 22.9. The molecule has 0 radical (unpaired) electrons. The first kappa shape index (κ1) is 17.9. The Labute approximate surface area is 160 Å². The number of nitrogens with two attached hydrogens (primary N) is 1. The lowest BCUT2D eigenvalue weighted by Gasteiger charge is -2.20. The van der Waals surface area contributed by atoms with Crippen LogP contribution in [0.2, 0.25) is 0 Å². The number of thiophene rings is 1. The van der Waals surface area contributed by atoms with Crippen molar-refractivity contribution in [2.24, 2.45) is 5.14 Å². The highest BCUT2D eigenvalue weighted by molar-refractivity contribution is 7.89. The van der Waals surface area contributed by atoms with Gasteiger partial charge < -0.3 is 4.90 Å². The Morgan fingerprint density at radius 2 is 1.63 bits per heavy atom. The average Bonchev–Trinajstić information content (AvgIpc) is 3.35. The van der Waals surface area contributed by atoms with Gasteiger partial charge in [0.1, 0.15) is 5.70 Å². The maximum absolute atomic E-state index is 13.2. The SMILES string of the molecule is NS(=O)(=O)c1ccc(N2C(=O)C(c3cccs3)=C(N3CCCC3)C2=O)cc1. The van der Waals surface area contributed by atoms with Crippen LogP contribution in [0.1, 0.15) is 17.7 Å². The number of amides is 2. The molecule has 2 aliphatic heterocycles. The summed E-state index contributed by atoms with van der Waals surface area (Å²) in [4.78, 5) is 30.1. The number of hydrogen-bond donors (Lipinski definition) is 1. The fraction of sp³-hybridized carbons (Fsp3) is 0.222. The second kappa shape index (κ2) is 6.59. The molecule has 0 aliphatic carbocycles. The third-order valence-corrected chi connectivity index (χ3v) is 6.49. The molecule has 9 heteroatoms. The number of likely N-dealkylation sites (tertiary alicyclic amines) is 1. The number of anilines is 1. The molecule has 1 aromatic carbocycles. The first-order valence-corrected chi connectivity index (χ1v) is 10.9. The van der Waals surface area contributed by atoms with Crippen molar-refractivity contribution in [2.45, 2.75) is 17.7 Å². The monoisotopic (exact) mass is 403 g/mol. The van der Waals surface area contributed by atoms with Crippen molar-refractivity contribution in [2.75, 3.05) is 18.0 Å². The van der Waals surface area contributed by atoms with E-state index >= 15 is 0 Å². The van der Waals surface area contributed by atoms with Crippen molar-refractivity contribution in [1.29, 1.82) is 0 Å². The van der Waals surface area contributed by atoms with Crippen LogP contribution in [-0.4, -0.2) is 38.2 Å². The first-order chi connectivity index (χ1) is 12.9. The van der Waals surface area contributed by atoms with Crippen molar-refractivity contribution in [3.8, 4) is 0 Å². The van der Waals surface area contributed by atoms with E-state index < -0.39 is 15.9 Å². The normalized spacial score (nSPS) is 18.1. The molecule has 0 atom stereocenters. The molecule has 7 nitrogen and oxygen atoms in total. The van der Waals surface area contributed by atoms with Crippen molar-refractivity contribution >= 4 is 44.4 Å². The Morgan fingerprint density at radius 3 is 2.19 bits per heavy atom. The van der Waals surface area contributed by atoms with E-state index in [1.54, 1.807) is 0 Å². The second-order valence-electron chi connectivity index (χ2n) is 6.38. The maximum atomic E-state index is 13.2. The smallest absolute Gasteiger partial charge is 0.282 e. The van der Waals surface area contributed by atoms with Gasteiger partial charge in [0, 0.05) is 18.0 Å². The van der Waals surface area contributed by atoms with Crippen LogP contribution >= 0.6 is 11.3 Å². The number of nitrogens with zero attached hydrogens (tertiary/aromatic N) is 2. The summed E-state index contributed by atoms with van der Waals surface area (Å²) in [7, 11) is -3.85. The molecule has 2 amide bonds. The quantitative estimate of drug-likeness (QED) is 0.784. The van der Waals surface area contributed by atoms with Gasteiger partial charge in [0.25, 0.3) is 11.8 Å². The van der Waals surface area contributed by atoms with Crippen LogP contribution in [0.5, 0.6) is 0 Å². The molecule has 0 unspecified atom stereocenters. The highest BCUT2D eigenvalue weighted by Crippen LogP contribution is 2.37. The zero-order valence-corrected chi connectivity index (χ0v) is 15.9. The van der Waals surface area contributed by atoms with Gasteiger partial charge in [-0.1, -0.05) is 6.07 Å². The van der Waals surface area contributed by atoms with Crippen LogP contribution in [-0.2, 0) is 19.6 Å². The predicted molar refractivity (Wildman–Crippen MR) is 102 cm³/mol. The molecule has 140 valence electrons. The van der Waals surface area contributed by atoms with E-state index in [2.05, 4.69) is 0 Å². The molecule has 2 aliphatic rings. The molecular formula is C18H17N3O4S2. The zero-order chi connectivity index (χ0) is 19.2. The van der Waals surface area contributed by atoms with Gasteiger partial charge in [-0.25, -0.2) is 18.5 Å². The molecular weight excluding hydrogens is 386 g/mol. The standard InChI is InChI=1S/C18H17N3O4S2/c19-27(24,25)13-7-5-12(6-8-13)21-17(22)15(14-4-3-11-26-14)16(18(21)23)20-9-1-2-10-20/h3-8,11H,1-2,9-10H2,(H2,19,24,25). The fourth-order valence-corrected chi connectivity index (χ4v) is 4.69. The van der Waals surface area contributed by atoms with E-state index in [1.807, 2.05) is 22.4 Å². The van der Waals surface area contributed by atoms with Gasteiger partial charge >= 0.3 is 0 Å². The van der Waals surface area contributed by atoms with Crippen LogP contribution < -0.4 is 10.0 Å². The van der Waals surface area contributed by atoms with Crippen LogP contribution in [0.3, 0.4) is 0 Å². The number of sulfonamides is 1. The van der Waals surface area contributed by atoms with E-state index in [0.29, 0.717) is 17.0 Å². The molecule has 0 bridgehead atoms. The van der Waals surface area contributed by atoms with E-state index in [0.717, 1.165) is 35.7 Å². The number of imide groups is 1. The third kappa shape index (κ3) is 3.07. The van der Waals surface area contributed by atoms with E-state index in [-0.39, 0.29) is 10.8 Å². The molecule has 4 rings (SSSR count). The zero-order valence-electron chi connectivity index (χ0n) is 14.3. The second-order valence-corrected chi connectivity index (χ2v) is 8.89. The van der Waals surface area contributed by atoms with E-state index in [9.17, 15) is 18.0 Å². The van der Waals surface area contributed by atoms with E-state index in [1.165, 1.54) is 35.6 Å². The van der Waals surface area contributed by atoms with Gasteiger partial charge in [-0.3, -0.25) is 9.59 Å². The minimum Gasteiger partial charge on any atom is -0.366 e. The van der Waals surface area contributed by atoms with Gasteiger partial charge in [-0.05, 0) is 48.6 Å². The third-order valence-electron chi connectivity index (χ3n) is 4.67. The topological polar surface area (TPSA) is 101 Å². The molecule has 0 saturated carbocycles. The summed E-state index contributed by atoms with van der Waals surface area (Å²) in [5, 5.41) is 6.98. The van der Waals surface area contributed by atoms with E-state index in [4.69, 9.17) is 5.14 Å². The number of carbonyl (C=O) groups excluding carboxylic acids is 2. The number of rotatable bonds is 4. The largest absolute Gasteiger partial charge is 0.366 e. The highest BCUT2D eigenvalue weighted by Gasteiger charge is 2.43. The summed E-state index contributed by atoms with van der Waals surface area (Å²) in [5.41, 5.74) is 1.16. The summed E-state index contributed by atoms with van der Waals surface area (Å²) in [6.07, 6.45) is 1.96. The lowest BCUT2D eigenvalue weighted by Crippen LogP contribution is -2.34. The molecule has 1 aromatic heterocycles. The van der Waals surface area contributed by atoms with Crippen molar-refractivity contribution in [3.05, 3.63) is 52.4 Å². The van der Waals surface area contributed by atoms with Gasteiger partial charge in [-0.15, -0.1) is 11.3 Å². The number of hydrogen-bond acceptors (Lipinski definition) is 6. The summed E-state index contributed by atoms with van der Waals surface area (Å²) in [6.45, 7) is 1.48. The summed E-state index contributed by atoms with van der Waals surface area (Å²) in [5.74, 6) is -0.777. The Morgan fingerprint density at radius 1 is 0.963 bits per heavy atom. The van der Waals surface area contributed by atoms with Gasteiger partial charge in [0.2, 0.25) is 10.0 Å². The van der Waals surface area contributed by atoms with Crippen LogP contribution in [0, 0.1) is 0 Å². The maximum Gasteiger partial charge on any atom is 0.282 e. The van der Waals surface area contributed by atoms with Gasteiger partial charge in [-0.2, -0.15) is 0 Å². The Balaban J connectivity index is 1.77. The van der Waals surface area contributed by atoms with Crippen molar-refractivity contribution in [3.63, 3.8) is 0 Å². The summed E-state index contributed by atoms with van der Waals surface area (Å²) in [6, 6.07) is 9.11. The minimum atomic E-state index is -3.85. The number of primary sulfonamides is 1. The molecule has 1 saturated heterocycles. The molecule has 2 aromatic rings. The van der Waals surface area contributed by atoms with Gasteiger partial charge in [0.05, 0.1) is 16.2 Å². The Kier molecular flexibility index (Phi) is 4.37. The minimum absolute atomic E-state index is 0.0726. The van der Waals surface area contributed by atoms with Crippen LogP contribution in [0.4, 0.5) is 5.69 Å². The van der Waals surface area contributed by atoms with Crippen LogP contribution in [0.15, 0.2) is 52.4 Å². The fourth-order valence-electron chi connectivity index (χ4n) is 3.41. The summed E-state index contributed by atoms with van der Waals surface area (Å²) >= 11 is 1.41. The molecule has 27 heavy (non-hydrogen) atoms. The highest BCUT2D eigenvalue weighted by atomic mass is 32.2. The first-order valence-electron chi connectivity index (χ1n) is 8.42. The molecule has 2 N–H and O–H groups in total. The van der Waals surface area contributed by atoms with Crippen LogP contribution in [0.25, 0.3) is 5.57 Å². The van der Waals surface area contributed by atoms with Crippen molar-refractivity contribution in [1.82, 2.24) is 4.90 Å². The predicted octanol–water partition coefficient (Wildman–Crippen LogP) is 1.78. The number of benzene rings is 1. The number of carbonyl (C=O) groups is 2. The molecule has 3 heterocycles. The Bertz CT molecular complexity index is 1030. The molecule has 1 fully saturated rings. The Hall–Kier alpha value is -2.49. The lowest BCUT2D eigenvalue weighted by molar-refractivity contribution is -0.120. The van der Waals surface area contributed by atoms with Crippen molar-refractivity contribution < 1.29 is 18.0 Å². The molecule has 0 spiro atoms. The average molecular weight is 403 g/mol. The lowest BCUT2D eigenvalue weighted by atomic mass is 10.2.